The van der Waals surface area contributed by atoms with Crippen molar-refractivity contribution in [3.8, 4) is 11.5 Å². The van der Waals surface area contributed by atoms with E-state index in [9.17, 15) is 13.2 Å². The molecule has 1 fully saturated rings. The lowest BCUT2D eigenvalue weighted by atomic mass is 9.99. The van der Waals surface area contributed by atoms with Crippen molar-refractivity contribution in [2.24, 2.45) is 0 Å². The van der Waals surface area contributed by atoms with Gasteiger partial charge in [-0.25, -0.2) is 8.42 Å². The van der Waals surface area contributed by atoms with E-state index >= 15 is 0 Å². The predicted octanol–water partition coefficient (Wildman–Crippen LogP) is 4.09. The fourth-order valence-electron chi connectivity index (χ4n) is 5.35. The predicted molar refractivity (Wildman–Crippen MR) is 172 cm³/mol. The van der Waals surface area contributed by atoms with E-state index in [4.69, 9.17) is 9.47 Å². The zero-order valence-electron chi connectivity index (χ0n) is 24.9. The zero-order chi connectivity index (χ0) is 30.4. The maximum Gasteiger partial charge on any atom is 0.258 e. The number of anilines is 3. The van der Waals surface area contributed by atoms with Crippen molar-refractivity contribution in [3.05, 3.63) is 77.9 Å². The van der Waals surface area contributed by atoms with Crippen molar-refractivity contribution in [2.75, 3.05) is 73.7 Å². The number of carbonyl (C=O) groups is 1. The molecule has 1 saturated heterocycles. The molecule has 2 aliphatic heterocycles. The Labute approximate surface area is 253 Å². The SMILES string of the molecule is CCOc1cc2c(cc1OCC)/C(=C(/Nc1ccc(N(CCN3CCNCC3)S(C)(=O)=O)cc1)c1ccccc1)C(=O)N2. The van der Waals surface area contributed by atoms with E-state index in [-0.39, 0.29) is 5.91 Å². The van der Waals surface area contributed by atoms with Crippen LogP contribution in [0.1, 0.15) is 25.0 Å². The summed E-state index contributed by atoms with van der Waals surface area (Å²) in [6.45, 7) is 9.35. The lowest BCUT2D eigenvalue weighted by molar-refractivity contribution is -0.110. The summed E-state index contributed by atoms with van der Waals surface area (Å²) in [5.74, 6) is 0.891. The summed E-state index contributed by atoms with van der Waals surface area (Å²) < 4.78 is 38.5. The van der Waals surface area contributed by atoms with Crippen LogP contribution in [0.25, 0.3) is 11.3 Å². The highest BCUT2D eigenvalue weighted by Crippen LogP contribution is 2.43. The molecule has 0 aliphatic carbocycles. The maximum absolute atomic E-state index is 13.5. The number of hydrogen-bond donors (Lipinski definition) is 3. The van der Waals surface area contributed by atoms with Crippen LogP contribution in [0.3, 0.4) is 0 Å². The second-order valence-electron chi connectivity index (χ2n) is 10.4. The van der Waals surface area contributed by atoms with E-state index in [2.05, 4.69) is 20.9 Å². The van der Waals surface area contributed by atoms with E-state index in [1.807, 2.05) is 62.4 Å². The number of hydrogen-bond acceptors (Lipinski definition) is 8. The molecule has 43 heavy (non-hydrogen) atoms. The van der Waals surface area contributed by atoms with Crippen molar-refractivity contribution < 1.29 is 22.7 Å². The molecule has 3 N–H and O–H groups in total. The van der Waals surface area contributed by atoms with Gasteiger partial charge in [-0.15, -0.1) is 0 Å². The fourth-order valence-corrected chi connectivity index (χ4v) is 6.27. The van der Waals surface area contributed by atoms with Gasteiger partial charge >= 0.3 is 0 Å². The number of sulfonamides is 1. The molecule has 0 bridgehead atoms. The molecule has 0 aromatic heterocycles. The summed E-state index contributed by atoms with van der Waals surface area (Å²) >= 11 is 0. The molecular formula is C32H39N5O5S. The first-order valence-corrected chi connectivity index (χ1v) is 16.5. The second-order valence-corrected chi connectivity index (χ2v) is 12.3. The van der Waals surface area contributed by atoms with Crippen LogP contribution in [-0.4, -0.2) is 78.0 Å². The van der Waals surface area contributed by atoms with Gasteiger partial charge in [0.05, 0.1) is 42.1 Å². The van der Waals surface area contributed by atoms with E-state index in [1.165, 1.54) is 10.6 Å². The number of piperazine rings is 1. The van der Waals surface area contributed by atoms with E-state index in [0.717, 1.165) is 31.7 Å². The Hall–Kier alpha value is -4.06. The third-order valence-corrected chi connectivity index (χ3v) is 8.59. The normalized spacial score (nSPS) is 16.3. The van der Waals surface area contributed by atoms with Crippen LogP contribution in [0.15, 0.2) is 66.7 Å². The zero-order valence-corrected chi connectivity index (χ0v) is 25.7. The largest absolute Gasteiger partial charge is 0.490 e. The minimum Gasteiger partial charge on any atom is -0.490 e. The van der Waals surface area contributed by atoms with Crippen molar-refractivity contribution >= 4 is 44.3 Å². The molecule has 11 heteroatoms. The number of ether oxygens (including phenoxy) is 2. The number of amides is 1. The van der Waals surface area contributed by atoms with E-state index < -0.39 is 10.0 Å². The highest BCUT2D eigenvalue weighted by atomic mass is 32.2. The quantitative estimate of drug-likeness (QED) is 0.265. The summed E-state index contributed by atoms with van der Waals surface area (Å²) in [5, 5.41) is 9.75. The third kappa shape index (κ3) is 7.12. The van der Waals surface area contributed by atoms with Gasteiger partial charge in [0.15, 0.2) is 11.5 Å². The van der Waals surface area contributed by atoms with Crippen molar-refractivity contribution in [2.45, 2.75) is 13.8 Å². The van der Waals surface area contributed by atoms with Crippen LogP contribution in [0.2, 0.25) is 0 Å². The maximum atomic E-state index is 13.5. The van der Waals surface area contributed by atoms with Crippen LogP contribution < -0.4 is 29.7 Å². The Bertz CT molecular complexity index is 1570. The van der Waals surface area contributed by atoms with Crippen molar-refractivity contribution in [1.82, 2.24) is 10.2 Å². The lowest BCUT2D eigenvalue weighted by Crippen LogP contribution is -2.47. The van der Waals surface area contributed by atoms with Crippen LogP contribution in [0.5, 0.6) is 11.5 Å². The van der Waals surface area contributed by atoms with E-state index in [0.29, 0.717) is 71.7 Å². The molecule has 228 valence electrons. The molecule has 0 saturated carbocycles. The summed E-state index contributed by atoms with van der Waals surface area (Å²) in [6.07, 6.45) is 1.23. The Kier molecular flexibility index (Phi) is 9.54. The summed E-state index contributed by atoms with van der Waals surface area (Å²) in [6, 6.07) is 20.5. The van der Waals surface area contributed by atoms with E-state index in [1.54, 1.807) is 18.2 Å². The summed E-state index contributed by atoms with van der Waals surface area (Å²) in [5.41, 5.74) is 4.57. The molecule has 1 amide bonds. The smallest absolute Gasteiger partial charge is 0.258 e. The Balaban J connectivity index is 1.48. The third-order valence-electron chi connectivity index (χ3n) is 7.39. The molecule has 2 heterocycles. The molecule has 10 nitrogen and oxygen atoms in total. The second kappa shape index (κ2) is 13.5. The van der Waals surface area contributed by atoms with Gasteiger partial charge in [-0.3, -0.25) is 14.0 Å². The molecule has 2 aliphatic rings. The van der Waals surface area contributed by atoms with Crippen LogP contribution in [0, 0.1) is 0 Å². The van der Waals surface area contributed by atoms with Gasteiger partial charge in [0.1, 0.15) is 0 Å². The van der Waals surface area contributed by atoms with Crippen LogP contribution in [0.4, 0.5) is 17.1 Å². The number of nitrogens with zero attached hydrogens (tertiary/aromatic N) is 2. The molecule has 0 atom stereocenters. The number of nitrogens with one attached hydrogen (secondary N) is 3. The molecule has 3 aromatic rings. The van der Waals surface area contributed by atoms with Crippen molar-refractivity contribution in [1.29, 1.82) is 0 Å². The Morgan fingerprint density at radius 2 is 1.60 bits per heavy atom. The Morgan fingerprint density at radius 3 is 2.23 bits per heavy atom. The Morgan fingerprint density at radius 1 is 0.953 bits per heavy atom. The number of fused-ring (bicyclic) bond motifs is 1. The van der Waals surface area contributed by atoms with Gasteiger partial charge in [0, 0.05) is 56.6 Å². The first-order chi connectivity index (χ1) is 20.8. The number of benzene rings is 3. The topological polar surface area (TPSA) is 112 Å². The molecule has 3 aromatic carbocycles. The van der Waals surface area contributed by atoms with Gasteiger partial charge in [0.25, 0.3) is 5.91 Å². The first kappa shape index (κ1) is 30.4. The monoisotopic (exact) mass is 605 g/mol. The molecule has 5 rings (SSSR count). The molecule has 0 radical (unpaired) electrons. The van der Waals surface area contributed by atoms with Crippen molar-refractivity contribution in [3.63, 3.8) is 0 Å². The first-order valence-electron chi connectivity index (χ1n) is 14.6. The summed E-state index contributed by atoms with van der Waals surface area (Å²) in [7, 11) is -3.48. The van der Waals surface area contributed by atoms with Crippen LogP contribution in [-0.2, 0) is 14.8 Å². The van der Waals surface area contributed by atoms with Gasteiger partial charge in [-0.05, 0) is 49.7 Å². The lowest BCUT2D eigenvalue weighted by Gasteiger charge is -2.30. The highest BCUT2D eigenvalue weighted by molar-refractivity contribution is 7.92. The number of carbonyl (C=O) groups excluding carboxylic acids is 1. The minimum absolute atomic E-state index is 0.245. The van der Waals surface area contributed by atoms with Crippen LogP contribution >= 0.6 is 0 Å². The molecular weight excluding hydrogens is 566 g/mol. The van der Waals surface area contributed by atoms with Gasteiger partial charge in [-0.2, -0.15) is 0 Å². The molecule has 0 unspecified atom stereocenters. The fraction of sp³-hybridized carbons (Fsp3) is 0.344. The average molecular weight is 606 g/mol. The number of rotatable bonds is 12. The minimum atomic E-state index is -3.48. The molecule has 0 spiro atoms. The summed E-state index contributed by atoms with van der Waals surface area (Å²) in [4.78, 5) is 15.7. The average Bonchev–Trinajstić information content (AvgIpc) is 3.31. The highest BCUT2D eigenvalue weighted by Gasteiger charge is 2.31. The van der Waals surface area contributed by atoms with Gasteiger partial charge < -0.3 is 25.4 Å². The van der Waals surface area contributed by atoms with Gasteiger partial charge in [0.2, 0.25) is 10.0 Å². The van der Waals surface area contributed by atoms with Gasteiger partial charge in [-0.1, -0.05) is 30.3 Å². The standard InChI is InChI=1S/C32H39N5O5S/c1-4-41-28-21-26-27(22-29(28)42-5-2)35-32(38)30(26)31(23-9-7-6-8-10-23)34-24-11-13-25(14-12-24)37(43(3,39)40)20-19-36-17-15-33-16-18-36/h6-14,21-22,33-34H,4-5,15-20H2,1-3H3,(H,35,38)/b31-30-.